The van der Waals surface area contributed by atoms with Gasteiger partial charge < -0.3 is 16.2 Å². The van der Waals surface area contributed by atoms with Gasteiger partial charge in [0.15, 0.2) is 11.5 Å². The first-order valence-electron chi connectivity index (χ1n) is 11.3. The molecule has 2 heterocycles. The van der Waals surface area contributed by atoms with Gasteiger partial charge in [0.2, 0.25) is 5.91 Å². The highest BCUT2D eigenvalue weighted by Gasteiger charge is 2.28. The van der Waals surface area contributed by atoms with Gasteiger partial charge in [0, 0.05) is 29.4 Å². The van der Waals surface area contributed by atoms with E-state index in [0.717, 1.165) is 53.1 Å². The third-order valence-corrected chi connectivity index (χ3v) is 5.96. The molecule has 0 saturated heterocycles. The average Bonchev–Trinajstić information content (AvgIpc) is 3.56. The molecule has 7 heteroatoms. The number of carbonyl (C=O) groups is 1. The van der Waals surface area contributed by atoms with Crippen molar-refractivity contribution in [3.05, 3.63) is 66.0 Å². The average molecular weight is 442 g/mol. The summed E-state index contributed by atoms with van der Waals surface area (Å²) in [5.74, 6) is 1.37. The molecule has 5 rings (SSSR count). The third-order valence-electron chi connectivity index (χ3n) is 5.96. The van der Waals surface area contributed by atoms with Crippen LogP contribution in [0, 0.1) is 5.92 Å². The standard InChI is InChI=1S/C26H27N5O2/c1-15(2)12-28-25-26-29-13-23(18-7-10-20(24(27)33)21(11-18)16-3-4-16)31(26)14-22(30-25)17-5-8-19(32)9-6-17/h5-11,13-16,32H,3-4,12H2,1-2H3,(H2,27,33)(H,28,30). The van der Waals surface area contributed by atoms with Crippen LogP contribution in [-0.4, -0.2) is 31.9 Å². The summed E-state index contributed by atoms with van der Waals surface area (Å²) in [6.45, 7) is 5.05. The van der Waals surface area contributed by atoms with Gasteiger partial charge in [0.05, 0.1) is 17.6 Å². The Hall–Kier alpha value is -3.87. The smallest absolute Gasteiger partial charge is 0.248 e. The summed E-state index contributed by atoms with van der Waals surface area (Å²) in [6.07, 6.45) is 5.96. The fraction of sp³-hybridized carbons (Fsp3) is 0.269. The van der Waals surface area contributed by atoms with Crippen molar-refractivity contribution in [1.82, 2.24) is 14.4 Å². The Morgan fingerprint density at radius 3 is 2.58 bits per heavy atom. The number of benzene rings is 2. The molecule has 1 aliphatic rings. The fourth-order valence-electron chi connectivity index (χ4n) is 4.07. The number of fused-ring (bicyclic) bond motifs is 1. The molecule has 33 heavy (non-hydrogen) atoms. The summed E-state index contributed by atoms with van der Waals surface area (Å²) in [5, 5.41) is 13.1. The molecule has 0 atom stereocenters. The maximum Gasteiger partial charge on any atom is 0.248 e. The van der Waals surface area contributed by atoms with Crippen molar-refractivity contribution < 1.29 is 9.90 Å². The van der Waals surface area contributed by atoms with E-state index in [1.807, 2.05) is 41.1 Å². The van der Waals surface area contributed by atoms with E-state index in [1.54, 1.807) is 12.1 Å². The summed E-state index contributed by atoms with van der Waals surface area (Å²) >= 11 is 0. The lowest BCUT2D eigenvalue weighted by Crippen LogP contribution is -2.13. The highest BCUT2D eigenvalue weighted by Crippen LogP contribution is 2.43. The van der Waals surface area contributed by atoms with Crippen LogP contribution in [0.15, 0.2) is 54.9 Å². The van der Waals surface area contributed by atoms with Crippen molar-refractivity contribution in [3.63, 3.8) is 0 Å². The topological polar surface area (TPSA) is 106 Å². The zero-order valence-corrected chi connectivity index (χ0v) is 18.7. The van der Waals surface area contributed by atoms with Crippen molar-refractivity contribution >= 4 is 17.4 Å². The molecule has 0 bridgehead atoms. The van der Waals surface area contributed by atoms with Crippen LogP contribution < -0.4 is 11.1 Å². The van der Waals surface area contributed by atoms with E-state index in [9.17, 15) is 9.90 Å². The summed E-state index contributed by atoms with van der Waals surface area (Å²) in [7, 11) is 0. The van der Waals surface area contributed by atoms with Crippen LogP contribution in [0.3, 0.4) is 0 Å². The second-order valence-corrected chi connectivity index (χ2v) is 9.07. The Bertz CT molecular complexity index is 1340. The summed E-state index contributed by atoms with van der Waals surface area (Å²) in [5.41, 5.74) is 11.5. The fourth-order valence-corrected chi connectivity index (χ4v) is 4.07. The number of hydrogen-bond acceptors (Lipinski definition) is 5. The molecule has 1 amide bonds. The lowest BCUT2D eigenvalue weighted by atomic mass is 9.98. The minimum atomic E-state index is -0.388. The molecule has 168 valence electrons. The monoisotopic (exact) mass is 441 g/mol. The predicted molar refractivity (Wildman–Crippen MR) is 129 cm³/mol. The predicted octanol–water partition coefficient (Wildman–Crippen LogP) is 4.81. The number of nitrogens with two attached hydrogens (primary N) is 1. The number of phenols is 1. The molecule has 2 aromatic carbocycles. The highest BCUT2D eigenvalue weighted by molar-refractivity contribution is 5.95. The van der Waals surface area contributed by atoms with Crippen LogP contribution in [-0.2, 0) is 0 Å². The van der Waals surface area contributed by atoms with Crippen LogP contribution in [0.4, 0.5) is 5.82 Å². The maximum absolute atomic E-state index is 11.9. The molecule has 2 aromatic heterocycles. The van der Waals surface area contributed by atoms with Crippen LogP contribution in [0.2, 0.25) is 0 Å². The second kappa shape index (κ2) is 8.24. The van der Waals surface area contributed by atoms with E-state index in [0.29, 0.717) is 23.2 Å². The van der Waals surface area contributed by atoms with E-state index in [1.165, 1.54) is 0 Å². The Morgan fingerprint density at radius 2 is 1.91 bits per heavy atom. The largest absolute Gasteiger partial charge is 0.508 e. The summed E-state index contributed by atoms with van der Waals surface area (Å²) < 4.78 is 2.04. The van der Waals surface area contributed by atoms with Crippen molar-refractivity contribution in [2.24, 2.45) is 11.7 Å². The number of aromatic hydroxyl groups is 1. The van der Waals surface area contributed by atoms with Gasteiger partial charge in [-0.1, -0.05) is 19.9 Å². The molecule has 1 fully saturated rings. The van der Waals surface area contributed by atoms with E-state index in [-0.39, 0.29) is 11.7 Å². The Kier molecular flexibility index (Phi) is 5.24. The van der Waals surface area contributed by atoms with Gasteiger partial charge in [-0.05, 0) is 66.6 Å². The number of rotatable bonds is 7. The number of primary amides is 1. The first-order valence-corrected chi connectivity index (χ1v) is 11.3. The van der Waals surface area contributed by atoms with Crippen LogP contribution in [0.5, 0.6) is 5.75 Å². The van der Waals surface area contributed by atoms with Crippen molar-refractivity contribution in [1.29, 1.82) is 0 Å². The van der Waals surface area contributed by atoms with Gasteiger partial charge >= 0.3 is 0 Å². The van der Waals surface area contributed by atoms with E-state index < -0.39 is 0 Å². The van der Waals surface area contributed by atoms with E-state index >= 15 is 0 Å². The Labute approximate surface area is 192 Å². The Balaban J connectivity index is 1.66. The molecule has 0 radical (unpaired) electrons. The maximum atomic E-state index is 11.9. The Morgan fingerprint density at radius 1 is 1.18 bits per heavy atom. The van der Waals surface area contributed by atoms with Gasteiger partial charge in [-0.2, -0.15) is 0 Å². The molecule has 0 spiro atoms. The second-order valence-electron chi connectivity index (χ2n) is 9.07. The van der Waals surface area contributed by atoms with Gasteiger partial charge in [-0.15, -0.1) is 0 Å². The summed E-state index contributed by atoms with van der Waals surface area (Å²) in [6, 6.07) is 12.8. The minimum Gasteiger partial charge on any atom is -0.508 e. The number of aromatic nitrogens is 3. The highest BCUT2D eigenvalue weighted by atomic mass is 16.3. The molecular formula is C26H27N5O2. The first-order chi connectivity index (χ1) is 15.9. The number of hydrogen-bond donors (Lipinski definition) is 3. The van der Waals surface area contributed by atoms with Crippen LogP contribution in [0.1, 0.15) is 48.5 Å². The van der Waals surface area contributed by atoms with Crippen molar-refractivity contribution in [3.8, 4) is 28.3 Å². The quantitative estimate of drug-likeness (QED) is 0.382. The number of carbonyl (C=O) groups excluding carboxylic acids is 1. The molecule has 7 nitrogen and oxygen atoms in total. The van der Waals surface area contributed by atoms with E-state index in [2.05, 4.69) is 30.2 Å². The lowest BCUT2D eigenvalue weighted by Gasteiger charge is -2.13. The summed E-state index contributed by atoms with van der Waals surface area (Å²) in [4.78, 5) is 21.4. The number of anilines is 1. The van der Waals surface area contributed by atoms with Gasteiger partial charge in [-0.3, -0.25) is 9.20 Å². The zero-order valence-electron chi connectivity index (χ0n) is 18.7. The normalized spacial score (nSPS) is 13.5. The van der Waals surface area contributed by atoms with Crippen molar-refractivity contribution in [2.75, 3.05) is 11.9 Å². The minimum absolute atomic E-state index is 0.212. The number of imidazole rings is 1. The van der Waals surface area contributed by atoms with Crippen LogP contribution >= 0.6 is 0 Å². The third kappa shape index (κ3) is 4.14. The lowest BCUT2D eigenvalue weighted by molar-refractivity contribution is 0.0999. The zero-order chi connectivity index (χ0) is 23.1. The number of phenolic OH excluding ortho intramolecular Hbond substituents is 1. The SMILES string of the molecule is CC(C)CNc1nc(-c2ccc(O)cc2)cn2c(-c3ccc(C(N)=O)c(C4CC4)c3)cnc12. The van der Waals surface area contributed by atoms with E-state index in [4.69, 9.17) is 10.7 Å². The molecule has 1 saturated carbocycles. The van der Waals surface area contributed by atoms with Gasteiger partial charge in [0.25, 0.3) is 0 Å². The van der Waals surface area contributed by atoms with Gasteiger partial charge in [0.1, 0.15) is 5.75 Å². The van der Waals surface area contributed by atoms with Gasteiger partial charge in [-0.25, -0.2) is 9.97 Å². The first kappa shape index (κ1) is 21.0. The number of amides is 1. The molecule has 4 N–H and O–H groups in total. The van der Waals surface area contributed by atoms with Crippen molar-refractivity contribution in [2.45, 2.75) is 32.6 Å². The molecule has 1 aliphatic carbocycles. The number of nitrogens with one attached hydrogen (secondary N) is 1. The molecule has 0 aliphatic heterocycles. The van der Waals surface area contributed by atoms with Crippen LogP contribution in [0.25, 0.3) is 28.2 Å². The molecule has 4 aromatic rings. The number of nitrogens with zero attached hydrogens (tertiary/aromatic N) is 3. The molecular weight excluding hydrogens is 414 g/mol. The molecule has 0 unspecified atom stereocenters.